The average Bonchev–Trinajstić information content (AvgIpc) is 2.99. The summed E-state index contributed by atoms with van der Waals surface area (Å²) in [5, 5.41) is 10.0. The highest BCUT2D eigenvalue weighted by Crippen LogP contribution is 2.36. The molecule has 0 bridgehead atoms. The topological polar surface area (TPSA) is 40.5 Å². The third-order valence-electron chi connectivity index (χ3n) is 4.28. The summed E-state index contributed by atoms with van der Waals surface area (Å²) in [6.07, 6.45) is 1.35. The Labute approximate surface area is 139 Å². The second-order valence-corrected chi connectivity index (χ2v) is 6.15. The smallest absolute Gasteiger partial charge is 0.320 e. The molecule has 2 unspecified atom stereocenters. The van der Waals surface area contributed by atoms with Gasteiger partial charge in [0, 0.05) is 17.1 Å². The summed E-state index contributed by atoms with van der Waals surface area (Å²) >= 11 is 6.09. The minimum absolute atomic E-state index is 0.339. The number of hydrogen-bond donors (Lipinski definition) is 1. The number of halogens is 2. The van der Waals surface area contributed by atoms with Gasteiger partial charge < -0.3 is 5.11 Å². The predicted octanol–water partition coefficient (Wildman–Crippen LogP) is 4.12. The van der Waals surface area contributed by atoms with Crippen LogP contribution in [-0.2, 0) is 4.79 Å². The zero-order valence-electron chi connectivity index (χ0n) is 12.5. The van der Waals surface area contributed by atoms with Crippen LogP contribution >= 0.6 is 11.6 Å². The molecule has 1 aliphatic heterocycles. The molecular weight excluding hydrogens is 317 g/mol. The fourth-order valence-electron chi connectivity index (χ4n) is 3.29. The molecule has 1 saturated heterocycles. The van der Waals surface area contributed by atoms with Gasteiger partial charge in [-0.25, -0.2) is 4.39 Å². The molecule has 0 saturated carbocycles. The maximum atomic E-state index is 14.4. The lowest BCUT2D eigenvalue weighted by molar-refractivity contribution is -0.142. The fourth-order valence-corrected chi connectivity index (χ4v) is 3.49. The maximum Gasteiger partial charge on any atom is 0.320 e. The molecule has 1 N–H and O–H groups in total. The fraction of sp³-hybridized carbons (Fsp3) is 0.278. The van der Waals surface area contributed by atoms with Crippen LogP contribution in [0.15, 0.2) is 48.5 Å². The van der Waals surface area contributed by atoms with Crippen molar-refractivity contribution in [2.75, 3.05) is 6.54 Å². The Morgan fingerprint density at radius 1 is 1.26 bits per heavy atom. The molecule has 5 heteroatoms. The van der Waals surface area contributed by atoms with Gasteiger partial charge >= 0.3 is 5.97 Å². The third-order valence-corrected chi connectivity index (χ3v) is 4.51. The lowest BCUT2D eigenvalue weighted by atomic mass is 9.96. The summed E-state index contributed by atoms with van der Waals surface area (Å²) in [4.78, 5) is 13.4. The van der Waals surface area contributed by atoms with E-state index in [0.29, 0.717) is 23.6 Å². The van der Waals surface area contributed by atoms with Crippen LogP contribution in [0.4, 0.5) is 4.39 Å². The molecule has 1 heterocycles. The highest BCUT2D eigenvalue weighted by molar-refractivity contribution is 6.30. The van der Waals surface area contributed by atoms with E-state index in [0.717, 1.165) is 12.0 Å². The first-order chi connectivity index (χ1) is 11.1. The second-order valence-electron chi connectivity index (χ2n) is 5.71. The summed E-state index contributed by atoms with van der Waals surface area (Å²) in [5.41, 5.74) is 1.28. The molecule has 0 spiro atoms. The molecule has 0 radical (unpaired) electrons. The Bertz CT molecular complexity index is 722. The van der Waals surface area contributed by atoms with Crippen LogP contribution in [0, 0.1) is 5.82 Å². The lowest BCUT2D eigenvalue weighted by Crippen LogP contribution is -2.39. The summed E-state index contributed by atoms with van der Waals surface area (Å²) in [5.74, 6) is -1.21. The van der Waals surface area contributed by atoms with Gasteiger partial charge in [0.05, 0.1) is 6.04 Å². The third kappa shape index (κ3) is 3.23. The number of benzene rings is 2. The molecule has 23 heavy (non-hydrogen) atoms. The average molecular weight is 334 g/mol. The molecule has 0 amide bonds. The number of hydrogen-bond acceptors (Lipinski definition) is 2. The number of nitrogens with zero attached hydrogens (tertiary/aromatic N) is 1. The van der Waals surface area contributed by atoms with Crippen molar-refractivity contribution in [2.45, 2.75) is 24.9 Å². The van der Waals surface area contributed by atoms with E-state index in [9.17, 15) is 14.3 Å². The van der Waals surface area contributed by atoms with E-state index in [2.05, 4.69) is 0 Å². The molecule has 3 nitrogen and oxygen atoms in total. The first-order valence-electron chi connectivity index (χ1n) is 7.56. The molecule has 2 atom stereocenters. The summed E-state index contributed by atoms with van der Waals surface area (Å²) in [7, 11) is 0. The number of aliphatic carboxylic acids is 1. The second kappa shape index (κ2) is 6.69. The van der Waals surface area contributed by atoms with Crippen LogP contribution in [-0.4, -0.2) is 28.6 Å². The van der Waals surface area contributed by atoms with Crippen molar-refractivity contribution in [1.82, 2.24) is 4.90 Å². The number of carbonyl (C=O) groups is 1. The Hall–Kier alpha value is -1.91. The van der Waals surface area contributed by atoms with E-state index < -0.39 is 18.1 Å². The molecule has 3 rings (SSSR count). The van der Waals surface area contributed by atoms with Gasteiger partial charge in [-0.1, -0.05) is 41.9 Å². The first-order valence-corrected chi connectivity index (χ1v) is 7.94. The molecule has 2 aromatic carbocycles. The van der Waals surface area contributed by atoms with Crippen LogP contribution in [0.25, 0.3) is 0 Å². The van der Waals surface area contributed by atoms with Crippen LogP contribution in [0.2, 0.25) is 5.02 Å². The molecule has 0 aliphatic carbocycles. The van der Waals surface area contributed by atoms with Gasteiger partial charge in [0.25, 0.3) is 0 Å². The first kappa shape index (κ1) is 16.0. The van der Waals surface area contributed by atoms with Gasteiger partial charge in [-0.3, -0.25) is 9.69 Å². The van der Waals surface area contributed by atoms with Crippen molar-refractivity contribution in [3.05, 3.63) is 70.5 Å². The van der Waals surface area contributed by atoms with Gasteiger partial charge in [0.1, 0.15) is 11.9 Å². The van der Waals surface area contributed by atoms with Gasteiger partial charge in [0.2, 0.25) is 0 Å². The standard InChI is InChI=1S/C18H17ClFNO2/c19-13-6-3-5-12(11-13)17(14-7-1-2-8-15(14)20)21-10-4-9-16(21)18(22)23/h1-3,5-8,11,16-17H,4,9-10H2,(H,22,23). The van der Waals surface area contributed by atoms with Gasteiger partial charge in [-0.05, 0) is 36.6 Å². The summed E-state index contributed by atoms with van der Waals surface area (Å²) in [6, 6.07) is 12.6. The Morgan fingerprint density at radius 3 is 2.74 bits per heavy atom. The number of likely N-dealkylation sites (tertiary alicyclic amines) is 1. The Kier molecular flexibility index (Phi) is 4.64. The lowest BCUT2D eigenvalue weighted by Gasteiger charge is -2.32. The van der Waals surface area contributed by atoms with Crippen LogP contribution < -0.4 is 0 Å². The molecule has 0 aromatic heterocycles. The van der Waals surface area contributed by atoms with E-state index in [-0.39, 0.29) is 5.82 Å². The van der Waals surface area contributed by atoms with Crippen molar-refractivity contribution in [2.24, 2.45) is 0 Å². The minimum Gasteiger partial charge on any atom is -0.480 e. The minimum atomic E-state index is -0.870. The molecule has 2 aromatic rings. The summed E-state index contributed by atoms with van der Waals surface area (Å²) < 4.78 is 14.4. The van der Waals surface area contributed by atoms with Gasteiger partial charge in [-0.15, -0.1) is 0 Å². The molecule has 1 fully saturated rings. The number of carboxylic acids is 1. The van der Waals surface area contributed by atoms with Crippen LogP contribution in [0.1, 0.15) is 30.0 Å². The normalized spacial score (nSPS) is 19.7. The van der Waals surface area contributed by atoms with Crippen LogP contribution in [0.5, 0.6) is 0 Å². The van der Waals surface area contributed by atoms with E-state index in [4.69, 9.17) is 11.6 Å². The quantitative estimate of drug-likeness (QED) is 0.915. The van der Waals surface area contributed by atoms with E-state index in [1.54, 1.807) is 36.4 Å². The summed E-state index contributed by atoms with van der Waals surface area (Å²) in [6.45, 7) is 0.614. The number of rotatable bonds is 4. The van der Waals surface area contributed by atoms with Crippen molar-refractivity contribution in [3.8, 4) is 0 Å². The van der Waals surface area contributed by atoms with E-state index in [1.165, 1.54) is 6.07 Å². The van der Waals surface area contributed by atoms with Crippen molar-refractivity contribution >= 4 is 17.6 Å². The monoisotopic (exact) mass is 333 g/mol. The maximum absolute atomic E-state index is 14.4. The SMILES string of the molecule is O=C(O)C1CCCN1C(c1cccc(Cl)c1)c1ccccc1F. The highest BCUT2D eigenvalue weighted by Gasteiger charge is 2.37. The molecule has 120 valence electrons. The number of carboxylic acid groups (broad SMARTS) is 1. The zero-order valence-corrected chi connectivity index (χ0v) is 13.2. The highest BCUT2D eigenvalue weighted by atomic mass is 35.5. The van der Waals surface area contributed by atoms with Gasteiger partial charge in [0.15, 0.2) is 0 Å². The predicted molar refractivity (Wildman–Crippen MR) is 87.1 cm³/mol. The van der Waals surface area contributed by atoms with Crippen molar-refractivity contribution in [3.63, 3.8) is 0 Å². The van der Waals surface area contributed by atoms with Crippen molar-refractivity contribution < 1.29 is 14.3 Å². The van der Waals surface area contributed by atoms with E-state index >= 15 is 0 Å². The van der Waals surface area contributed by atoms with E-state index in [1.807, 2.05) is 11.0 Å². The Morgan fingerprint density at radius 2 is 2.04 bits per heavy atom. The van der Waals surface area contributed by atoms with Crippen LogP contribution in [0.3, 0.4) is 0 Å². The van der Waals surface area contributed by atoms with Gasteiger partial charge in [-0.2, -0.15) is 0 Å². The molecule has 1 aliphatic rings. The largest absolute Gasteiger partial charge is 0.480 e. The Balaban J connectivity index is 2.11. The molecular formula is C18H17ClFNO2. The van der Waals surface area contributed by atoms with Crippen molar-refractivity contribution in [1.29, 1.82) is 0 Å². The zero-order chi connectivity index (χ0) is 16.4.